The van der Waals surface area contributed by atoms with Crippen molar-refractivity contribution < 1.29 is 8.95 Å². The molecule has 1 unspecified atom stereocenters. The molecular weight excluding hydrogens is 326 g/mol. The van der Waals surface area contributed by atoms with Gasteiger partial charge in [-0.15, -0.1) is 0 Å². The summed E-state index contributed by atoms with van der Waals surface area (Å²) in [6, 6.07) is 12.9. The zero-order valence-corrected chi connectivity index (χ0v) is 12.8. The highest BCUT2D eigenvalue weighted by Gasteiger charge is 2.10. The molecular formula is C14H14BrNO2S. The average Bonchev–Trinajstić information content (AvgIpc) is 2.44. The van der Waals surface area contributed by atoms with Crippen LogP contribution in [0.4, 0.5) is 5.69 Å². The molecule has 0 spiro atoms. The largest absolute Gasteiger partial charge is 0.497 e. The van der Waals surface area contributed by atoms with E-state index in [0.29, 0.717) is 17.2 Å². The molecule has 0 radical (unpaired) electrons. The highest BCUT2D eigenvalue weighted by atomic mass is 79.9. The molecule has 0 amide bonds. The van der Waals surface area contributed by atoms with Crippen molar-refractivity contribution >= 4 is 32.4 Å². The minimum Gasteiger partial charge on any atom is -0.497 e. The lowest BCUT2D eigenvalue weighted by Crippen LogP contribution is -1.99. The summed E-state index contributed by atoms with van der Waals surface area (Å²) in [7, 11) is 0.463. The standard InChI is InChI=1S/C14H14BrNO2S/c1-18-11-5-3-6-12(8-11)19(17)9-10-4-2-7-13(16)14(10)15/h2-8H,9,16H2,1H3. The Morgan fingerprint density at radius 1 is 1.26 bits per heavy atom. The molecule has 0 bridgehead atoms. The van der Waals surface area contributed by atoms with Gasteiger partial charge in [-0.05, 0) is 45.8 Å². The van der Waals surface area contributed by atoms with Gasteiger partial charge in [0.1, 0.15) is 5.75 Å². The summed E-state index contributed by atoms with van der Waals surface area (Å²) in [5.74, 6) is 1.12. The lowest BCUT2D eigenvalue weighted by atomic mass is 10.2. The molecule has 0 saturated carbocycles. The van der Waals surface area contributed by atoms with Gasteiger partial charge < -0.3 is 10.5 Å². The monoisotopic (exact) mass is 339 g/mol. The van der Waals surface area contributed by atoms with E-state index in [-0.39, 0.29) is 0 Å². The molecule has 2 aromatic rings. The second-order valence-corrected chi connectivity index (χ2v) is 6.23. The molecule has 0 heterocycles. The Morgan fingerprint density at radius 2 is 2.00 bits per heavy atom. The first-order chi connectivity index (χ1) is 9.11. The molecule has 1 atom stereocenters. The third kappa shape index (κ3) is 3.36. The van der Waals surface area contributed by atoms with Gasteiger partial charge in [-0.1, -0.05) is 18.2 Å². The van der Waals surface area contributed by atoms with E-state index < -0.39 is 10.8 Å². The smallest absolute Gasteiger partial charge is 0.120 e. The number of rotatable bonds is 4. The predicted molar refractivity (Wildman–Crippen MR) is 81.7 cm³/mol. The first-order valence-corrected chi connectivity index (χ1v) is 7.78. The number of nitrogen functional groups attached to an aromatic ring is 1. The summed E-state index contributed by atoms with van der Waals surface area (Å²) in [6.07, 6.45) is 0. The van der Waals surface area contributed by atoms with Crippen LogP contribution in [0.2, 0.25) is 0 Å². The van der Waals surface area contributed by atoms with E-state index in [1.54, 1.807) is 13.2 Å². The molecule has 0 aliphatic rings. The summed E-state index contributed by atoms with van der Waals surface area (Å²) in [5, 5.41) is 0. The Balaban J connectivity index is 2.23. The van der Waals surface area contributed by atoms with Crippen LogP contribution in [-0.2, 0) is 16.6 Å². The van der Waals surface area contributed by atoms with E-state index in [4.69, 9.17) is 10.5 Å². The quantitative estimate of drug-likeness (QED) is 0.869. The Hall–Kier alpha value is -1.33. The molecule has 5 heteroatoms. The minimum atomic E-state index is -1.13. The zero-order valence-electron chi connectivity index (χ0n) is 10.4. The van der Waals surface area contributed by atoms with Crippen LogP contribution in [0.5, 0.6) is 5.75 Å². The van der Waals surface area contributed by atoms with Crippen LogP contribution in [0, 0.1) is 0 Å². The van der Waals surface area contributed by atoms with E-state index in [1.807, 2.05) is 36.4 Å². The van der Waals surface area contributed by atoms with Crippen LogP contribution >= 0.6 is 15.9 Å². The third-order valence-corrected chi connectivity index (χ3v) is 5.02. The van der Waals surface area contributed by atoms with Crippen molar-refractivity contribution in [3.05, 3.63) is 52.5 Å². The molecule has 100 valence electrons. The lowest BCUT2D eigenvalue weighted by Gasteiger charge is -2.08. The number of hydrogen-bond acceptors (Lipinski definition) is 3. The number of nitrogens with two attached hydrogens (primary N) is 1. The van der Waals surface area contributed by atoms with E-state index in [9.17, 15) is 4.21 Å². The van der Waals surface area contributed by atoms with Crippen molar-refractivity contribution in [1.82, 2.24) is 0 Å². The topological polar surface area (TPSA) is 52.3 Å². The van der Waals surface area contributed by atoms with Crippen LogP contribution < -0.4 is 10.5 Å². The van der Waals surface area contributed by atoms with Crippen molar-refractivity contribution in [1.29, 1.82) is 0 Å². The minimum absolute atomic E-state index is 0.415. The summed E-state index contributed by atoms with van der Waals surface area (Å²) in [4.78, 5) is 0.744. The van der Waals surface area contributed by atoms with Crippen molar-refractivity contribution in [3.63, 3.8) is 0 Å². The van der Waals surface area contributed by atoms with Crippen LogP contribution in [0.15, 0.2) is 51.8 Å². The first kappa shape index (κ1) is 14.1. The maximum Gasteiger partial charge on any atom is 0.120 e. The second kappa shape index (κ2) is 6.21. The SMILES string of the molecule is COc1cccc(S(=O)Cc2cccc(N)c2Br)c1. The van der Waals surface area contributed by atoms with Gasteiger partial charge in [0.2, 0.25) is 0 Å². The van der Waals surface area contributed by atoms with Crippen LogP contribution in [0.3, 0.4) is 0 Å². The summed E-state index contributed by atoms with van der Waals surface area (Å²) >= 11 is 3.43. The van der Waals surface area contributed by atoms with Gasteiger partial charge in [0.15, 0.2) is 0 Å². The van der Waals surface area contributed by atoms with Crippen molar-refractivity contribution in [3.8, 4) is 5.75 Å². The summed E-state index contributed by atoms with van der Waals surface area (Å²) in [5.41, 5.74) is 7.40. The molecule has 0 saturated heterocycles. The second-order valence-electron chi connectivity index (χ2n) is 3.99. The first-order valence-electron chi connectivity index (χ1n) is 5.67. The Morgan fingerprint density at radius 3 is 2.74 bits per heavy atom. The number of hydrogen-bond donors (Lipinski definition) is 1. The fourth-order valence-electron chi connectivity index (χ4n) is 1.68. The zero-order chi connectivity index (χ0) is 13.8. The number of methoxy groups -OCH3 is 1. The van der Waals surface area contributed by atoms with Gasteiger partial charge >= 0.3 is 0 Å². The lowest BCUT2D eigenvalue weighted by molar-refractivity contribution is 0.413. The van der Waals surface area contributed by atoms with Crippen LogP contribution in [-0.4, -0.2) is 11.3 Å². The van der Waals surface area contributed by atoms with Gasteiger partial charge in [0.05, 0.1) is 23.7 Å². The highest BCUT2D eigenvalue weighted by Crippen LogP contribution is 2.26. The third-order valence-electron chi connectivity index (χ3n) is 2.70. The fraction of sp³-hybridized carbons (Fsp3) is 0.143. The van der Waals surface area contributed by atoms with Crippen molar-refractivity contribution in [2.75, 3.05) is 12.8 Å². The van der Waals surface area contributed by atoms with Gasteiger partial charge in [0, 0.05) is 15.1 Å². The molecule has 0 aromatic heterocycles. The van der Waals surface area contributed by atoms with Crippen molar-refractivity contribution in [2.24, 2.45) is 0 Å². The average molecular weight is 340 g/mol. The number of benzene rings is 2. The maximum absolute atomic E-state index is 12.3. The Kier molecular flexibility index (Phi) is 4.61. The maximum atomic E-state index is 12.3. The van der Waals surface area contributed by atoms with Gasteiger partial charge in [-0.2, -0.15) is 0 Å². The molecule has 0 aliphatic heterocycles. The molecule has 2 rings (SSSR count). The number of anilines is 1. The highest BCUT2D eigenvalue weighted by molar-refractivity contribution is 9.10. The summed E-state index contributed by atoms with van der Waals surface area (Å²) < 4.78 is 18.3. The summed E-state index contributed by atoms with van der Waals surface area (Å²) in [6.45, 7) is 0. The predicted octanol–water partition coefficient (Wildman–Crippen LogP) is 3.35. The van der Waals surface area contributed by atoms with E-state index in [0.717, 1.165) is 14.9 Å². The van der Waals surface area contributed by atoms with Gasteiger partial charge in [-0.3, -0.25) is 4.21 Å². The van der Waals surface area contributed by atoms with E-state index in [2.05, 4.69) is 15.9 Å². The van der Waals surface area contributed by atoms with E-state index in [1.165, 1.54) is 0 Å². The number of ether oxygens (including phenoxy) is 1. The normalized spacial score (nSPS) is 12.1. The molecule has 0 aliphatic carbocycles. The number of halogens is 1. The van der Waals surface area contributed by atoms with Crippen molar-refractivity contribution in [2.45, 2.75) is 10.6 Å². The van der Waals surface area contributed by atoms with E-state index >= 15 is 0 Å². The molecule has 2 N–H and O–H groups in total. The van der Waals surface area contributed by atoms with Crippen LogP contribution in [0.1, 0.15) is 5.56 Å². The molecule has 19 heavy (non-hydrogen) atoms. The fourth-order valence-corrected chi connectivity index (χ4v) is 3.44. The van der Waals surface area contributed by atoms with Gasteiger partial charge in [0.25, 0.3) is 0 Å². The Bertz CT molecular complexity index is 616. The molecule has 3 nitrogen and oxygen atoms in total. The van der Waals surface area contributed by atoms with Crippen LogP contribution in [0.25, 0.3) is 0 Å². The Labute approximate surface area is 123 Å². The van der Waals surface area contributed by atoms with Gasteiger partial charge in [-0.25, -0.2) is 0 Å². The molecule has 2 aromatic carbocycles. The molecule has 0 fully saturated rings.